The number of likely N-dealkylation sites (tertiary alicyclic amines) is 1. The van der Waals surface area contributed by atoms with Crippen LogP contribution < -0.4 is 4.90 Å². The number of halogens is 1. The Bertz CT molecular complexity index is 856. The number of hydrogen-bond acceptors (Lipinski definition) is 7. The van der Waals surface area contributed by atoms with E-state index < -0.39 is 0 Å². The van der Waals surface area contributed by atoms with Crippen molar-refractivity contribution in [2.45, 2.75) is 38.8 Å². The predicted octanol–water partition coefficient (Wildman–Crippen LogP) is 2.49. The standard InChI is InChI=1S/C20H31ClN6O2/c1-20(2,28-4)14-5-7-26(8-6-14)13-15-22-16-17(25(15)3)23-19(21)24-18(16)27-9-11-29-12-10-27/h14H,5-13H2,1-4H3. The molecule has 0 N–H and O–H groups in total. The number of aryl methyl sites for hydroxylation is 1. The number of imidazole rings is 1. The lowest BCUT2D eigenvalue weighted by atomic mass is 9.83. The van der Waals surface area contributed by atoms with Gasteiger partial charge in [0.1, 0.15) is 5.82 Å². The van der Waals surface area contributed by atoms with E-state index in [4.69, 9.17) is 26.1 Å². The Balaban J connectivity index is 1.54. The van der Waals surface area contributed by atoms with E-state index in [1.54, 1.807) is 0 Å². The summed E-state index contributed by atoms with van der Waals surface area (Å²) in [6, 6.07) is 0. The Kier molecular flexibility index (Phi) is 5.97. The minimum Gasteiger partial charge on any atom is -0.379 e. The molecule has 9 heteroatoms. The third-order valence-electron chi connectivity index (χ3n) is 6.54. The van der Waals surface area contributed by atoms with Gasteiger partial charge in [-0.3, -0.25) is 4.90 Å². The van der Waals surface area contributed by atoms with Gasteiger partial charge in [-0.1, -0.05) is 0 Å². The van der Waals surface area contributed by atoms with Gasteiger partial charge in [-0.25, -0.2) is 4.98 Å². The van der Waals surface area contributed by atoms with Gasteiger partial charge in [0.05, 0.1) is 25.4 Å². The largest absolute Gasteiger partial charge is 0.379 e. The zero-order valence-corrected chi connectivity index (χ0v) is 18.6. The zero-order chi connectivity index (χ0) is 20.6. The van der Waals surface area contributed by atoms with Crippen molar-refractivity contribution in [3.05, 3.63) is 11.1 Å². The second kappa shape index (κ2) is 8.34. The summed E-state index contributed by atoms with van der Waals surface area (Å²) in [5.74, 6) is 2.39. The molecule has 2 aliphatic heterocycles. The summed E-state index contributed by atoms with van der Waals surface area (Å²) in [4.78, 5) is 18.5. The number of rotatable bonds is 5. The highest BCUT2D eigenvalue weighted by molar-refractivity contribution is 6.28. The number of methoxy groups -OCH3 is 1. The van der Waals surface area contributed by atoms with Crippen LogP contribution in [-0.4, -0.2) is 76.5 Å². The molecule has 0 saturated carbocycles. The molecular weight excluding hydrogens is 392 g/mol. The molecule has 0 unspecified atom stereocenters. The fraction of sp³-hybridized carbons (Fsp3) is 0.750. The molecule has 29 heavy (non-hydrogen) atoms. The van der Waals surface area contributed by atoms with Crippen LogP contribution in [0.4, 0.5) is 5.82 Å². The smallest absolute Gasteiger partial charge is 0.226 e. The maximum Gasteiger partial charge on any atom is 0.226 e. The molecule has 2 aromatic rings. The Morgan fingerprint density at radius 1 is 1.10 bits per heavy atom. The molecule has 0 aliphatic carbocycles. The molecule has 0 radical (unpaired) electrons. The van der Waals surface area contributed by atoms with Crippen LogP contribution in [0.25, 0.3) is 11.2 Å². The highest BCUT2D eigenvalue weighted by atomic mass is 35.5. The lowest BCUT2D eigenvalue weighted by Gasteiger charge is -2.39. The van der Waals surface area contributed by atoms with Crippen molar-refractivity contribution in [1.82, 2.24) is 24.4 Å². The maximum absolute atomic E-state index is 6.25. The Morgan fingerprint density at radius 2 is 1.79 bits per heavy atom. The van der Waals surface area contributed by atoms with Crippen LogP contribution >= 0.6 is 11.6 Å². The highest BCUT2D eigenvalue weighted by Crippen LogP contribution is 2.31. The first kappa shape index (κ1) is 20.8. The van der Waals surface area contributed by atoms with E-state index in [1.807, 2.05) is 14.2 Å². The van der Waals surface area contributed by atoms with Gasteiger partial charge in [-0.15, -0.1) is 0 Å². The normalized spacial score (nSPS) is 20.0. The quantitative estimate of drug-likeness (QED) is 0.685. The van der Waals surface area contributed by atoms with Crippen LogP contribution in [0.1, 0.15) is 32.5 Å². The van der Waals surface area contributed by atoms with E-state index in [1.165, 1.54) is 0 Å². The van der Waals surface area contributed by atoms with Crippen molar-refractivity contribution in [2.75, 3.05) is 51.4 Å². The van der Waals surface area contributed by atoms with Crippen LogP contribution in [0.15, 0.2) is 0 Å². The van der Waals surface area contributed by atoms with Crippen molar-refractivity contribution in [2.24, 2.45) is 13.0 Å². The number of fused-ring (bicyclic) bond motifs is 1. The summed E-state index contributed by atoms with van der Waals surface area (Å²) in [6.07, 6.45) is 2.27. The minimum absolute atomic E-state index is 0.0661. The average Bonchev–Trinajstić information content (AvgIpc) is 3.04. The van der Waals surface area contributed by atoms with Crippen molar-refractivity contribution in [3.8, 4) is 0 Å². The molecule has 4 rings (SSSR count). The summed E-state index contributed by atoms with van der Waals surface area (Å²) >= 11 is 6.25. The SMILES string of the molecule is COC(C)(C)C1CCN(Cc2nc3c(N4CCOCC4)nc(Cl)nc3n2C)CC1. The van der Waals surface area contributed by atoms with Gasteiger partial charge in [0.15, 0.2) is 17.0 Å². The van der Waals surface area contributed by atoms with Gasteiger partial charge >= 0.3 is 0 Å². The second-order valence-electron chi connectivity index (χ2n) is 8.53. The van der Waals surface area contributed by atoms with Gasteiger partial charge in [0.2, 0.25) is 5.28 Å². The molecule has 2 aliphatic rings. The molecule has 0 aromatic carbocycles. The van der Waals surface area contributed by atoms with Gasteiger partial charge in [-0.2, -0.15) is 9.97 Å². The van der Waals surface area contributed by atoms with Crippen molar-refractivity contribution in [3.63, 3.8) is 0 Å². The molecule has 160 valence electrons. The van der Waals surface area contributed by atoms with E-state index in [0.29, 0.717) is 19.1 Å². The van der Waals surface area contributed by atoms with Crippen molar-refractivity contribution < 1.29 is 9.47 Å². The number of morpholine rings is 1. The average molecular weight is 423 g/mol. The summed E-state index contributed by atoms with van der Waals surface area (Å²) in [6.45, 7) is 10.2. The van der Waals surface area contributed by atoms with Gasteiger partial charge in [0.25, 0.3) is 0 Å². The first-order valence-corrected chi connectivity index (χ1v) is 10.8. The Morgan fingerprint density at radius 3 is 2.45 bits per heavy atom. The third kappa shape index (κ3) is 4.21. The molecule has 0 bridgehead atoms. The lowest BCUT2D eigenvalue weighted by molar-refractivity contribution is -0.0495. The van der Waals surface area contributed by atoms with Gasteiger partial charge in [0, 0.05) is 27.2 Å². The zero-order valence-electron chi connectivity index (χ0n) is 17.8. The molecule has 2 saturated heterocycles. The first-order chi connectivity index (χ1) is 13.9. The monoisotopic (exact) mass is 422 g/mol. The lowest BCUT2D eigenvalue weighted by Crippen LogP contribution is -2.42. The van der Waals surface area contributed by atoms with Crippen molar-refractivity contribution >= 4 is 28.6 Å². The highest BCUT2D eigenvalue weighted by Gasteiger charge is 2.33. The number of anilines is 1. The van der Waals surface area contributed by atoms with E-state index in [9.17, 15) is 0 Å². The Hall–Kier alpha value is -1.48. The van der Waals surface area contributed by atoms with Crippen molar-refractivity contribution in [1.29, 1.82) is 0 Å². The number of ether oxygens (including phenoxy) is 2. The third-order valence-corrected chi connectivity index (χ3v) is 6.71. The van der Waals surface area contributed by atoms with E-state index >= 15 is 0 Å². The number of hydrogen-bond donors (Lipinski definition) is 0. The van der Waals surface area contributed by atoms with Gasteiger partial charge < -0.3 is 18.9 Å². The molecule has 2 aromatic heterocycles. The summed E-state index contributed by atoms with van der Waals surface area (Å²) in [5.41, 5.74) is 1.55. The van der Waals surface area contributed by atoms with Crippen LogP contribution in [0.2, 0.25) is 5.28 Å². The van der Waals surface area contributed by atoms with Crippen LogP contribution in [0.5, 0.6) is 0 Å². The number of piperidine rings is 1. The number of aromatic nitrogens is 4. The molecule has 0 amide bonds. The van der Waals surface area contributed by atoms with Crippen LogP contribution in [0.3, 0.4) is 0 Å². The molecule has 0 atom stereocenters. The molecule has 2 fully saturated rings. The molecule has 4 heterocycles. The first-order valence-electron chi connectivity index (χ1n) is 10.4. The Labute approximate surface area is 177 Å². The fourth-order valence-corrected chi connectivity index (χ4v) is 4.52. The summed E-state index contributed by atoms with van der Waals surface area (Å²) < 4.78 is 13.2. The number of nitrogens with zero attached hydrogens (tertiary/aromatic N) is 6. The van der Waals surface area contributed by atoms with Gasteiger partial charge in [-0.05, 0) is 57.3 Å². The summed E-state index contributed by atoms with van der Waals surface area (Å²) in [5, 5.41) is 0.260. The van der Waals surface area contributed by atoms with E-state index in [2.05, 4.69) is 38.2 Å². The van der Waals surface area contributed by atoms with Crippen LogP contribution in [0, 0.1) is 5.92 Å². The molecule has 8 nitrogen and oxygen atoms in total. The molecule has 0 spiro atoms. The summed E-state index contributed by atoms with van der Waals surface area (Å²) in [7, 11) is 3.82. The second-order valence-corrected chi connectivity index (χ2v) is 8.87. The maximum atomic E-state index is 6.25. The minimum atomic E-state index is -0.0661. The molecular formula is C20H31ClN6O2. The van der Waals surface area contributed by atoms with Crippen LogP contribution in [-0.2, 0) is 23.1 Å². The predicted molar refractivity (Wildman–Crippen MR) is 113 cm³/mol. The topological polar surface area (TPSA) is 68.5 Å². The van der Waals surface area contributed by atoms with E-state index in [-0.39, 0.29) is 10.9 Å². The van der Waals surface area contributed by atoms with E-state index in [0.717, 1.165) is 68.4 Å². The fourth-order valence-electron chi connectivity index (χ4n) is 4.36.